The van der Waals surface area contributed by atoms with Gasteiger partial charge in [-0.15, -0.1) is 0 Å². The van der Waals surface area contributed by atoms with Gasteiger partial charge in [-0.25, -0.2) is 18.3 Å². The van der Waals surface area contributed by atoms with E-state index < -0.39 is 0 Å². The van der Waals surface area contributed by atoms with Gasteiger partial charge < -0.3 is 24.4 Å². The molecule has 0 aliphatic heterocycles. The van der Waals surface area contributed by atoms with Crippen LogP contribution < -0.4 is 9.13 Å². The molecule has 0 atom stereocenters. The molecule has 0 fully saturated rings. The largest absolute Gasteiger partial charge is 0.377 e. The lowest BCUT2D eigenvalue weighted by atomic mass is 10.6. The minimum atomic E-state index is -0.0160. The number of hydrogen-bond donors (Lipinski definition) is 2. The van der Waals surface area contributed by atoms with E-state index >= 15 is 0 Å². The monoisotopic (exact) mass is 356 g/mol. The highest BCUT2D eigenvalue weighted by molar-refractivity contribution is 4.66. The molecular weight excluding hydrogens is 328 g/mol. The predicted molar refractivity (Wildman–Crippen MR) is 86.1 cm³/mol. The van der Waals surface area contributed by atoms with Crippen LogP contribution >= 0.6 is 0 Å². The molecule has 9 heteroatoms. The van der Waals surface area contributed by atoms with Crippen molar-refractivity contribution in [2.45, 2.75) is 26.6 Å². The first-order valence-electron chi connectivity index (χ1n) is 8.36. The van der Waals surface area contributed by atoms with Crippen LogP contribution in [0.1, 0.15) is 0 Å². The Morgan fingerprint density at radius 1 is 0.640 bits per heavy atom. The second-order valence-electron chi connectivity index (χ2n) is 5.45. The third-order valence-corrected chi connectivity index (χ3v) is 3.55. The fourth-order valence-electron chi connectivity index (χ4n) is 2.19. The topological polar surface area (TPSA) is 85.8 Å². The van der Waals surface area contributed by atoms with Crippen molar-refractivity contribution >= 4 is 0 Å². The number of nitrogens with zero attached hydrogens (tertiary/aromatic N) is 4. The zero-order valence-electron chi connectivity index (χ0n) is 14.4. The van der Waals surface area contributed by atoms with Gasteiger partial charge >= 0.3 is 0 Å². The Bertz CT molecular complexity index is 536. The number of aliphatic hydroxyl groups excluding tert-OH is 2. The van der Waals surface area contributed by atoms with Crippen molar-refractivity contribution in [1.82, 2.24) is 9.13 Å². The van der Waals surface area contributed by atoms with Gasteiger partial charge in [0.15, 0.2) is 13.5 Å². The first-order valence-corrected chi connectivity index (χ1v) is 8.36. The second kappa shape index (κ2) is 11.7. The van der Waals surface area contributed by atoms with Crippen LogP contribution in [0.3, 0.4) is 0 Å². The van der Waals surface area contributed by atoms with Crippen LogP contribution in [0.4, 0.5) is 0 Å². The average molecular weight is 356 g/mol. The van der Waals surface area contributed by atoms with Crippen LogP contribution in [-0.2, 0) is 40.8 Å². The van der Waals surface area contributed by atoms with Crippen molar-refractivity contribution in [2.75, 3.05) is 39.6 Å². The van der Waals surface area contributed by atoms with Gasteiger partial charge in [-0.1, -0.05) is 0 Å². The molecule has 0 unspecified atom stereocenters. The molecule has 2 rings (SSSR count). The first-order chi connectivity index (χ1) is 12.3. The van der Waals surface area contributed by atoms with Crippen molar-refractivity contribution in [2.24, 2.45) is 0 Å². The quantitative estimate of drug-likeness (QED) is 0.318. The number of aliphatic hydroxyl groups is 2. The van der Waals surface area contributed by atoms with Crippen molar-refractivity contribution in [3.63, 3.8) is 0 Å². The molecule has 0 amide bonds. The minimum Gasteiger partial charge on any atom is -0.377 e. The van der Waals surface area contributed by atoms with Crippen LogP contribution in [0, 0.1) is 0 Å². The molecule has 2 aromatic rings. The third-order valence-electron chi connectivity index (χ3n) is 3.55. The minimum absolute atomic E-state index is 0.0160. The van der Waals surface area contributed by atoms with E-state index in [0.29, 0.717) is 39.6 Å². The van der Waals surface area contributed by atoms with E-state index in [4.69, 9.17) is 24.4 Å². The van der Waals surface area contributed by atoms with Crippen molar-refractivity contribution < 1.29 is 33.6 Å². The summed E-state index contributed by atoms with van der Waals surface area (Å²) in [4.78, 5) is 0. The Labute approximate surface area is 147 Å². The summed E-state index contributed by atoms with van der Waals surface area (Å²) >= 11 is 0. The van der Waals surface area contributed by atoms with Gasteiger partial charge in [0.05, 0.1) is 39.6 Å². The molecule has 25 heavy (non-hydrogen) atoms. The molecule has 0 saturated heterocycles. The molecule has 0 aliphatic rings. The van der Waals surface area contributed by atoms with E-state index in [-0.39, 0.29) is 13.5 Å². The molecule has 0 aromatic carbocycles. The van der Waals surface area contributed by atoms with Gasteiger partial charge in [0.1, 0.15) is 37.9 Å². The molecule has 0 radical (unpaired) electrons. The molecule has 0 saturated carbocycles. The van der Waals surface area contributed by atoms with E-state index in [2.05, 4.69) is 0 Å². The molecular formula is C16H28N4O5+2. The van der Waals surface area contributed by atoms with E-state index in [9.17, 15) is 0 Å². The predicted octanol–water partition coefficient (Wildman–Crippen LogP) is -1.49. The third kappa shape index (κ3) is 7.76. The smallest absolute Gasteiger partial charge is 0.245 e. The van der Waals surface area contributed by atoms with Crippen LogP contribution in [0.5, 0.6) is 0 Å². The highest BCUT2D eigenvalue weighted by Crippen LogP contribution is 1.88. The van der Waals surface area contributed by atoms with Crippen LogP contribution in [0.2, 0.25) is 0 Å². The number of ether oxygens (including phenoxy) is 3. The van der Waals surface area contributed by atoms with Gasteiger partial charge in [0.2, 0.25) is 12.7 Å². The molecule has 2 aromatic heterocycles. The van der Waals surface area contributed by atoms with E-state index in [0.717, 1.165) is 13.1 Å². The Kier molecular flexibility index (Phi) is 9.16. The lowest BCUT2D eigenvalue weighted by Crippen LogP contribution is -2.30. The Balaban J connectivity index is 1.36. The van der Waals surface area contributed by atoms with Crippen LogP contribution in [0.15, 0.2) is 37.4 Å². The first kappa shape index (κ1) is 19.5. The summed E-state index contributed by atoms with van der Waals surface area (Å²) < 4.78 is 23.7. The summed E-state index contributed by atoms with van der Waals surface area (Å²) in [6, 6.07) is 0. The number of imidazole rings is 2. The Morgan fingerprint density at radius 3 is 1.40 bits per heavy atom. The SMILES string of the molecule is OC[n+]1ccn(CCOCCOCCOCCn2cc[n+](CO)c2)c1. The number of aromatic nitrogens is 4. The Hall–Kier alpha value is -1.78. The zero-order valence-corrected chi connectivity index (χ0v) is 14.4. The number of rotatable bonds is 14. The molecule has 0 bridgehead atoms. The maximum atomic E-state index is 8.95. The summed E-state index contributed by atoms with van der Waals surface area (Å²) in [6.07, 6.45) is 11.1. The van der Waals surface area contributed by atoms with Gasteiger partial charge in [0.25, 0.3) is 0 Å². The summed E-state index contributed by atoms with van der Waals surface area (Å²) in [6.45, 7) is 4.83. The molecule has 140 valence electrons. The highest BCUT2D eigenvalue weighted by Gasteiger charge is 2.02. The summed E-state index contributed by atoms with van der Waals surface area (Å²) in [7, 11) is 0. The molecule has 2 heterocycles. The molecule has 2 N–H and O–H groups in total. The molecule has 9 nitrogen and oxygen atoms in total. The molecule has 0 aliphatic carbocycles. The number of hydrogen-bond acceptors (Lipinski definition) is 5. The van der Waals surface area contributed by atoms with Gasteiger partial charge in [-0.2, -0.15) is 0 Å². The summed E-state index contributed by atoms with van der Waals surface area (Å²) in [5.74, 6) is 0. The average Bonchev–Trinajstić information content (AvgIpc) is 3.28. The summed E-state index contributed by atoms with van der Waals surface area (Å²) in [5, 5.41) is 17.9. The maximum absolute atomic E-state index is 8.95. The fraction of sp³-hybridized carbons (Fsp3) is 0.625. The Morgan fingerprint density at radius 2 is 1.04 bits per heavy atom. The standard InChI is InChI=1S/C16H28N4O5/c21-15-19-3-1-17(13-19)5-7-23-9-11-25-12-10-24-8-6-18-2-4-20(14-18)16-22/h1-4,13-14,21-22H,5-12,15-16H2/q+2. The van der Waals surface area contributed by atoms with Crippen LogP contribution in [-0.4, -0.2) is 59.0 Å². The van der Waals surface area contributed by atoms with Crippen molar-refractivity contribution in [1.29, 1.82) is 0 Å². The van der Waals surface area contributed by atoms with Gasteiger partial charge in [-0.05, 0) is 0 Å². The maximum Gasteiger partial charge on any atom is 0.245 e. The summed E-state index contributed by atoms with van der Waals surface area (Å²) in [5.41, 5.74) is 0. The van der Waals surface area contributed by atoms with Gasteiger partial charge in [-0.3, -0.25) is 0 Å². The van der Waals surface area contributed by atoms with Crippen molar-refractivity contribution in [3.8, 4) is 0 Å². The zero-order chi connectivity index (χ0) is 17.7. The molecule has 0 spiro atoms. The van der Waals surface area contributed by atoms with Crippen molar-refractivity contribution in [3.05, 3.63) is 37.4 Å². The van der Waals surface area contributed by atoms with E-state index in [1.165, 1.54) is 0 Å². The fourth-order valence-corrected chi connectivity index (χ4v) is 2.19. The lowest BCUT2D eigenvalue weighted by molar-refractivity contribution is -0.729. The van der Waals surface area contributed by atoms with Gasteiger partial charge in [0, 0.05) is 0 Å². The highest BCUT2D eigenvalue weighted by atomic mass is 16.5. The van der Waals surface area contributed by atoms with E-state index in [1.54, 1.807) is 9.13 Å². The normalized spacial score (nSPS) is 11.3. The second-order valence-corrected chi connectivity index (χ2v) is 5.45. The van der Waals surface area contributed by atoms with Crippen LogP contribution in [0.25, 0.3) is 0 Å². The van der Waals surface area contributed by atoms with E-state index in [1.807, 2.05) is 46.6 Å². The lowest BCUT2D eigenvalue weighted by Gasteiger charge is -2.05.